The minimum atomic E-state index is 0.371. The molecule has 0 N–H and O–H groups in total. The summed E-state index contributed by atoms with van der Waals surface area (Å²) < 4.78 is 22.3. The molecule has 1 aliphatic rings. The van der Waals surface area contributed by atoms with Crippen LogP contribution in [0.1, 0.15) is 31.2 Å². The summed E-state index contributed by atoms with van der Waals surface area (Å²) >= 11 is 0. The normalized spacial score (nSPS) is 14.4. The first-order chi connectivity index (χ1) is 18.3. The van der Waals surface area contributed by atoms with Crippen LogP contribution in [0.25, 0.3) is 17.0 Å². The van der Waals surface area contributed by atoms with Crippen LogP contribution in [0, 0.1) is 5.92 Å². The molecular formula is C23H26N11O3+. The van der Waals surface area contributed by atoms with Crippen LogP contribution >= 0.6 is 0 Å². The average Bonchev–Trinajstić information content (AvgIpc) is 3.62. The van der Waals surface area contributed by atoms with Crippen LogP contribution in [0.2, 0.25) is 0 Å². The first kappa shape index (κ1) is 23.1. The van der Waals surface area contributed by atoms with Gasteiger partial charge in [0.05, 0.1) is 19.3 Å². The molecule has 0 radical (unpaired) electrons. The molecule has 0 aliphatic carbocycles. The van der Waals surface area contributed by atoms with Crippen molar-refractivity contribution in [3.63, 3.8) is 0 Å². The lowest BCUT2D eigenvalue weighted by atomic mass is 9.97. The Kier molecular flexibility index (Phi) is 6.70. The third kappa shape index (κ3) is 5.14. The molecule has 0 unspecified atom stereocenters. The zero-order valence-corrected chi connectivity index (χ0v) is 20.1. The summed E-state index contributed by atoms with van der Waals surface area (Å²) in [5.41, 5.74) is 2.72. The van der Waals surface area contributed by atoms with E-state index in [1.807, 2.05) is 18.2 Å². The maximum absolute atomic E-state index is 6.25. The van der Waals surface area contributed by atoms with E-state index in [1.54, 1.807) is 33.8 Å². The minimum absolute atomic E-state index is 0.371. The smallest absolute Gasteiger partial charge is 0.309 e. The maximum atomic E-state index is 6.25. The van der Waals surface area contributed by atoms with Gasteiger partial charge >= 0.3 is 5.88 Å². The van der Waals surface area contributed by atoms with Crippen molar-refractivity contribution in [1.29, 1.82) is 0 Å². The second kappa shape index (κ2) is 10.7. The van der Waals surface area contributed by atoms with E-state index in [1.165, 1.54) is 10.2 Å². The van der Waals surface area contributed by atoms with E-state index in [2.05, 4.69) is 41.1 Å². The van der Waals surface area contributed by atoms with Crippen LogP contribution in [0.3, 0.4) is 0 Å². The largest absolute Gasteiger partial charge is 0.476 e. The highest BCUT2D eigenvalue weighted by Crippen LogP contribution is 2.20. The van der Waals surface area contributed by atoms with Crippen molar-refractivity contribution in [3.8, 4) is 17.4 Å². The quantitative estimate of drug-likeness (QED) is 0.197. The fourth-order valence-corrected chi connectivity index (χ4v) is 4.37. The lowest BCUT2D eigenvalue weighted by Crippen LogP contribution is -2.43. The molecule has 1 fully saturated rings. The van der Waals surface area contributed by atoms with Gasteiger partial charge in [0.1, 0.15) is 5.21 Å². The fraction of sp³-hybridized carbons (Fsp3) is 0.435. The van der Waals surface area contributed by atoms with Crippen molar-refractivity contribution < 1.29 is 18.9 Å². The Morgan fingerprint density at radius 3 is 2.73 bits per heavy atom. The minimum Gasteiger partial charge on any atom is -0.476 e. The third-order valence-electron chi connectivity index (χ3n) is 6.34. The van der Waals surface area contributed by atoms with Gasteiger partial charge < -0.3 is 14.2 Å². The van der Waals surface area contributed by atoms with Gasteiger partial charge in [-0.3, -0.25) is 4.98 Å². The summed E-state index contributed by atoms with van der Waals surface area (Å²) in [6.07, 6.45) is 8.28. The Hall–Kier alpha value is -4.33. The van der Waals surface area contributed by atoms with Crippen molar-refractivity contribution in [2.45, 2.75) is 32.1 Å². The van der Waals surface area contributed by atoms with Gasteiger partial charge in [0.15, 0.2) is 0 Å². The molecule has 1 aliphatic heterocycles. The maximum Gasteiger partial charge on any atom is 0.309 e. The van der Waals surface area contributed by atoms with Gasteiger partial charge in [-0.15, -0.1) is 14.8 Å². The summed E-state index contributed by atoms with van der Waals surface area (Å²) in [5, 5.41) is 28.4. The topological polar surface area (TPSA) is 144 Å². The number of tetrazole rings is 2. The van der Waals surface area contributed by atoms with Gasteiger partial charge in [0.2, 0.25) is 28.1 Å². The van der Waals surface area contributed by atoms with Crippen molar-refractivity contribution >= 4 is 11.3 Å². The fourth-order valence-electron chi connectivity index (χ4n) is 4.37. The lowest BCUT2D eigenvalue weighted by molar-refractivity contribution is -0.682. The molecule has 14 nitrogen and oxygen atoms in total. The summed E-state index contributed by atoms with van der Waals surface area (Å²) in [5.74, 6) is 1.50. The molecule has 14 heteroatoms. The van der Waals surface area contributed by atoms with Crippen molar-refractivity contribution in [1.82, 2.24) is 50.4 Å². The number of pyridine rings is 1. The van der Waals surface area contributed by atoms with Crippen molar-refractivity contribution in [2.75, 3.05) is 26.4 Å². The molecule has 0 saturated carbocycles. The van der Waals surface area contributed by atoms with Crippen LogP contribution in [0.5, 0.6) is 11.8 Å². The number of rotatable bonds is 10. The molecule has 37 heavy (non-hydrogen) atoms. The van der Waals surface area contributed by atoms with E-state index in [9.17, 15) is 0 Å². The number of ether oxygens (including phenoxy) is 3. The zero-order valence-electron chi connectivity index (χ0n) is 20.1. The van der Waals surface area contributed by atoms with E-state index >= 15 is 0 Å². The first-order valence-corrected chi connectivity index (χ1v) is 12.3. The summed E-state index contributed by atoms with van der Waals surface area (Å²) in [4.78, 5) is 4.05. The molecule has 6 heterocycles. The number of aromatic nitrogens is 11. The number of fused-ring (bicyclic) bond motifs is 2. The molecule has 0 atom stereocenters. The third-order valence-corrected chi connectivity index (χ3v) is 6.34. The van der Waals surface area contributed by atoms with Crippen LogP contribution < -0.4 is 14.2 Å². The van der Waals surface area contributed by atoms with Crippen LogP contribution in [-0.4, -0.2) is 76.8 Å². The van der Waals surface area contributed by atoms with Crippen LogP contribution in [-0.2, 0) is 11.2 Å². The summed E-state index contributed by atoms with van der Waals surface area (Å²) in [7, 11) is 0. The monoisotopic (exact) mass is 504 g/mol. The Bertz CT molecular complexity index is 1470. The zero-order chi connectivity index (χ0) is 24.9. The highest BCUT2D eigenvalue weighted by Gasteiger charge is 2.25. The van der Waals surface area contributed by atoms with Gasteiger partial charge in [0, 0.05) is 36.3 Å². The highest BCUT2D eigenvalue weighted by molar-refractivity contribution is 5.53. The molecule has 190 valence electrons. The average molecular weight is 505 g/mol. The van der Waals surface area contributed by atoms with E-state index in [0.29, 0.717) is 47.9 Å². The molecule has 5 aromatic heterocycles. The Balaban J connectivity index is 1.26. The van der Waals surface area contributed by atoms with E-state index < -0.39 is 0 Å². The molecule has 5 aromatic rings. The summed E-state index contributed by atoms with van der Waals surface area (Å²) in [6, 6.07) is 9.40. The number of hydrogen-bond acceptors (Lipinski definition) is 11. The second-order valence-electron chi connectivity index (χ2n) is 8.77. The van der Waals surface area contributed by atoms with Gasteiger partial charge in [-0.25, -0.2) is 0 Å². The van der Waals surface area contributed by atoms with Crippen LogP contribution in [0.15, 0.2) is 42.7 Å². The number of nitrogens with zero attached hydrogens (tertiary/aromatic N) is 11. The van der Waals surface area contributed by atoms with Crippen molar-refractivity contribution in [3.05, 3.63) is 48.3 Å². The Morgan fingerprint density at radius 1 is 0.973 bits per heavy atom. The lowest BCUT2D eigenvalue weighted by Gasteiger charge is -2.21. The molecule has 6 rings (SSSR count). The van der Waals surface area contributed by atoms with Crippen LogP contribution in [0.4, 0.5) is 0 Å². The molecule has 0 bridgehead atoms. The predicted octanol–water partition coefficient (Wildman–Crippen LogP) is 0.836. The van der Waals surface area contributed by atoms with Gasteiger partial charge in [-0.05, 0) is 72.2 Å². The van der Waals surface area contributed by atoms with E-state index in [4.69, 9.17) is 14.2 Å². The summed E-state index contributed by atoms with van der Waals surface area (Å²) in [6.45, 7) is 2.63. The van der Waals surface area contributed by atoms with Gasteiger partial charge in [-0.2, -0.15) is 0 Å². The van der Waals surface area contributed by atoms with E-state index in [0.717, 1.165) is 45.3 Å². The second-order valence-corrected chi connectivity index (χ2v) is 8.77. The molecular weight excluding hydrogens is 478 g/mol. The Morgan fingerprint density at radius 2 is 1.84 bits per heavy atom. The molecule has 0 spiro atoms. The van der Waals surface area contributed by atoms with E-state index in [-0.39, 0.29) is 0 Å². The van der Waals surface area contributed by atoms with Crippen molar-refractivity contribution in [2.24, 2.45) is 5.92 Å². The SMILES string of the molecule is c1cc(CCCOc2cc(-[n+]3c(OCCC4CCOCC4)ccc4nnnn43)c3nnnn3n2)ccn1. The van der Waals surface area contributed by atoms with Gasteiger partial charge in [-0.1, -0.05) is 9.78 Å². The molecule has 0 aromatic carbocycles. The highest BCUT2D eigenvalue weighted by atomic mass is 16.5. The number of aryl methyl sites for hydroxylation is 1. The first-order valence-electron chi connectivity index (χ1n) is 12.3. The number of hydrogen-bond donors (Lipinski definition) is 0. The standard InChI is InChI=1S/C23H26N11O3/c1(2-17-5-10-24-11-6-17)12-36-21-16-19(23-26-29-30-33(23)27-21)32-22(4-3-20-25-28-31-34(20)32)37-15-9-18-7-13-35-14-8-18/h3-6,10-11,16,18H,1-2,7-9,12-15H2/q+1. The molecule has 0 amide bonds. The predicted molar refractivity (Wildman–Crippen MR) is 126 cm³/mol. The van der Waals surface area contributed by atoms with Gasteiger partial charge in [0.25, 0.3) is 0 Å². The Labute approximate surface area is 211 Å². The molecule has 1 saturated heterocycles.